The number of benzene rings is 1. The Morgan fingerprint density at radius 2 is 1.95 bits per heavy atom. The molecule has 0 heterocycles. The Hall–Kier alpha value is -1.51. The standard InChI is InChI=1S/C12H18FN3O3S/c1-8(7-14)15-12(17)9(2)16-20(18,19)11-6-4-3-5-10(11)13/h3-6,8-9,16H,7,14H2,1-2H3,(H,15,17)/t8-,9?/m0/s1. The Morgan fingerprint density at radius 1 is 1.35 bits per heavy atom. The summed E-state index contributed by atoms with van der Waals surface area (Å²) < 4.78 is 39.5. The summed E-state index contributed by atoms with van der Waals surface area (Å²) >= 11 is 0. The number of sulfonamides is 1. The first kappa shape index (κ1) is 16.5. The molecule has 0 aromatic heterocycles. The molecule has 0 aliphatic heterocycles. The lowest BCUT2D eigenvalue weighted by atomic mass is 10.3. The molecule has 0 saturated carbocycles. The maximum absolute atomic E-state index is 13.5. The molecule has 4 N–H and O–H groups in total. The van der Waals surface area contributed by atoms with Gasteiger partial charge < -0.3 is 11.1 Å². The fourth-order valence-corrected chi connectivity index (χ4v) is 2.72. The van der Waals surface area contributed by atoms with Crippen LogP contribution in [0.5, 0.6) is 0 Å². The SMILES string of the molecule is CC(NS(=O)(=O)c1ccccc1F)C(=O)N[C@@H](C)CN. The second kappa shape index (κ2) is 6.78. The molecule has 0 aliphatic rings. The van der Waals surface area contributed by atoms with E-state index in [2.05, 4.69) is 10.0 Å². The van der Waals surface area contributed by atoms with Crippen molar-refractivity contribution in [2.24, 2.45) is 5.73 Å². The van der Waals surface area contributed by atoms with Crippen molar-refractivity contribution in [1.82, 2.24) is 10.0 Å². The van der Waals surface area contributed by atoms with Gasteiger partial charge in [-0.2, -0.15) is 4.72 Å². The predicted molar refractivity (Wildman–Crippen MR) is 72.8 cm³/mol. The minimum atomic E-state index is -4.09. The first-order valence-electron chi connectivity index (χ1n) is 6.05. The summed E-state index contributed by atoms with van der Waals surface area (Å²) in [7, 11) is -4.09. The fraction of sp³-hybridized carbons (Fsp3) is 0.417. The van der Waals surface area contributed by atoms with Gasteiger partial charge >= 0.3 is 0 Å². The van der Waals surface area contributed by atoms with Crippen LogP contribution in [-0.2, 0) is 14.8 Å². The van der Waals surface area contributed by atoms with Gasteiger partial charge in [-0.05, 0) is 26.0 Å². The van der Waals surface area contributed by atoms with Crippen LogP contribution in [0.3, 0.4) is 0 Å². The second-order valence-corrected chi connectivity index (χ2v) is 6.10. The van der Waals surface area contributed by atoms with E-state index in [-0.39, 0.29) is 12.6 Å². The highest BCUT2D eigenvalue weighted by Crippen LogP contribution is 2.13. The van der Waals surface area contributed by atoms with Gasteiger partial charge in [0.15, 0.2) is 0 Å². The normalized spacial score (nSPS) is 14.6. The van der Waals surface area contributed by atoms with Gasteiger partial charge in [0.1, 0.15) is 10.7 Å². The van der Waals surface area contributed by atoms with Gasteiger partial charge in [-0.1, -0.05) is 12.1 Å². The molecule has 1 amide bonds. The van der Waals surface area contributed by atoms with Crippen LogP contribution < -0.4 is 15.8 Å². The van der Waals surface area contributed by atoms with Crippen molar-refractivity contribution in [1.29, 1.82) is 0 Å². The minimum Gasteiger partial charge on any atom is -0.351 e. The fourth-order valence-electron chi connectivity index (χ4n) is 1.44. The van der Waals surface area contributed by atoms with E-state index in [1.165, 1.54) is 19.1 Å². The summed E-state index contributed by atoms with van der Waals surface area (Å²) in [6.07, 6.45) is 0. The summed E-state index contributed by atoms with van der Waals surface area (Å²) in [5.41, 5.74) is 5.36. The molecular weight excluding hydrogens is 285 g/mol. The zero-order valence-corrected chi connectivity index (χ0v) is 12.1. The van der Waals surface area contributed by atoms with E-state index >= 15 is 0 Å². The van der Waals surface area contributed by atoms with Gasteiger partial charge in [0, 0.05) is 12.6 Å². The van der Waals surface area contributed by atoms with Crippen molar-refractivity contribution < 1.29 is 17.6 Å². The highest BCUT2D eigenvalue weighted by molar-refractivity contribution is 7.89. The predicted octanol–water partition coefficient (Wildman–Crippen LogP) is -0.0441. The Bertz CT molecular complexity index is 577. The van der Waals surface area contributed by atoms with E-state index in [0.717, 1.165) is 12.1 Å². The average Bonchev–Trinajstić information content (AvgIpc) is 2.38. The first-order valence-corrected chi connectivity index (χ1v) is 7.53. The Morgan fingerprint density at radius 3 is 2.50 bits per heavy atom. The molecule has 0 spiro atoms. The molecule has 1 aromatic rings. The first-order chi connectivity index (χ1) is 9.27. The van der Waals surface area contributed by atoms with Gasteiger partial charge in [0.2, 0.25) is 15.9 Å². The summed E-state index contributed by atoms with van der Waals surface area (Å²) in [5.74, 6) is -1.40. The number of carbonyl (C=O) groups is 1. The Labute approximate surface area is 117 Å². The van der Waals surface area contributed by atoms with Crippen molar-refractivity contribution in [3.05, 3.63) is 30.1 Å². The van der Waals surface area contributed by atoms with E-state index in [4.69, 9.17) is 5.73 Å². The third-order valence-corrected chi connectivity index (χ3v) is 4.17. The molecule has 2 atom stereocenters. The average molecular weight is 303 g/mol. The molecule has 1 unspecified atom stereocenters. The number of amides is 1. The van der Waals surface area contributed by atoms with Gasteiger partial charge in [0.05, 0.1) is 6.04 Å². The molecule has 112 valence electrons. The van der Waals surface area contributed by atoms with E-state index in [1.54, 1.807) is 6.92 Å². The van der Waals surface area contributed by atoms with Crippen LogP contribution in [0.1, 0.15) is 13.8 Å². The van der Waals surface area contributed by atoms with Crippen molar-refractivity contribution in [2.75, 3.05) is 6.54 Å². The highest BCUT2D eigenvalue weighted by Gasteiger charge is 2.24. The van der Waals surface area contributed by atoms with Crippen molar-refractivity contribution in [2.45, 2.75) is 30.8 Å². The van der Waals surface area contributed by atoms with E-state index < -0.39 is 32.7 Å². The number of nitrogens with one attached hydrogen (secondary N) is 2. The van der Waals surface area contributed by atoms with Crippen molar-refractivity contribution in [3.8, 4) is 0 Å². The minimum absolute atomic E-state index is 0.235. The quantitative estimate of drug-likeness (QED) is 0.686. The van der Waals surface area contributed by atoms with Crippen molar-refractivity contribution >= 4 is 15.9 Å². The largest absolute Gasteiger partial charge is 0.351 e. The molecule has 6 nitrogen and oxygen atoms in total. The van der Waals surface area contributed by atoms with Crippen LogP contribution in [0.2, 0.25) is 0 Å². The van der Waals surface area contributed by atoms with Crippen molar-refractivity contribution in [3.63, 3.8) is 0 Å². The second-order valence-electron chi connectivity index (χ2n) is 4.42. The number of halogens is 1. The number of carbonyl (C=O) groups excluding carboxylic acids is 1. The van der Waals surface area contributed by atoms with Crippen LogP contribution in [-0.4, -0.2) is 33.0 Å². The van der Waals surface area contributed by atoms with Gasteiger partial charge in [-0.15, -0.1) is 0 Å². The van der Waals surface area contributed by atoms with E-state index in [1.807, 2.05) is 0 Å². The monoisotopic (exact) mass is 303 g/mol. The molecule has 0 saturated heterocycles. The summed E-state index contributed by atoms with van der Waals surface area (Å²) in [5, 5.41) is 2.53. The lowest BCUT2D eigenvalue weighted by Crippen LogP contribution is -2.49. The molecule has 0 fully saturated rings. The molecule has 0 aliphatic carbocycles. The number of hydrogen-bond donors (Lipinski definition) is 3. The topological polar surface area (TPSA) is 101 Å². The third-order valence-electron chi connectivity index (χ3n) is 2.59. The number of hydrogen-bond acceptors (Lipinski definition) is 4. The molecule has 1 aromatic carbocycles. The van der Waals surface area contributed by atoms with E-state index in [9.17, 15) is 17.6 Å². The lowest BCUT2D eigenvalue weighted by molar-refractivity contribution is -0.122. The summed E-state index contributed by atoms with van der Waals surface area (Å²) in [4.78, 5) is 11.2. The molecule has 20 heavy (non-hydrogen) atoms. The number of nitrogens with two attached hydrogens (primary N) is 1. The Kier molecular flexibility index (Phi) is 5.61. The molecule has 1 rings (SSSR count). The zero-order chi connectivity index (χ0) is 15.3. The van der Waals surface area contributed by atoms with Gasteiger partial charge in [-0.3, -0.25) is 4.79 Å². The number of rotatable bonds is 6. The van der Waals surface area contributed by atoms with Crippen LogP contribution in [0.25, 0.3) is 0 Å². The highest BCUT2D eigenvalue weighted by atomic mass is 32.2. The zero-order valence-electron chi connectivity index (χ0n) is 11.3. The maximum Gasteiger partial charge on any atom is 0.244 e. The van der Waals surface area contributed by atoms with Crippen LogP contribution >= 0.6 is 0 Å². The Balaban J connectivity index is 2.82. The smallest absolute Gasteiger partial charge is 0.244 e. The lowest BCUT2D eigenvalue weighted by Gasteiger charge is -2.17. The van der Waals surface area contributed by atoms with Crippen LogP contribution in [0.4, 0.5) is 4.39 Å². The van der Waals surface area contributed by atoms with Crippen LogP contribution in [0, 0.1) is 5.82 Å². The molecule has 8 heteroatoms. The third kappa shape index (κ3) is 4.26. The molecular formula is C12H18FN3O3S. The molecule has 0 bridgehead atoms. The van der Waals surface area contributed by atoms with Gasteiger partial charge in [0.25, 0.3) is 0 Å². The van der Waals surface area contributed by atoms with E-state index in [0.29, 0.717) is 0 Å². The maximum atomic E-state index is 13.5. The summed E-state index contributed by atoms with van der Waals surface area (Å²) in [6.45, 7) is 3.30. The van der Waals surface area contributed by atoms with Crippen LogP contribution in [0.15, 0.2) is 29.2 Å². The van der Waals surface area contributed by atoms with Gasteiger partial charge in [-0.25, -0.2) is 12.8 Å². The summed E-state index contributed by atoms with van der Waals surface area (Å²) in [6, 6.07) is 3.64. The molecule has 0 radical (unpaired) electrons.